The van der Waals surface area contributed by atoms with Crippen molar-refractivity contribution in [2.75, 3.05) is 0 Å². The molecule has 0 spiro atoms. The van der Waals surface area contributed by atoms with Crippen molar-refractivity contribution in [3.63, 3.8) is 0 Å². The SMILES string of the molecule is Cn1cc(-c2nc3nccc(-c4ccc5c(c4)CCCC5)c3[nH]2)cn1. The maximum Gasteiger partial charge on any atom is 0.178 e. The number of rotatable bonds is 2. The molecule has 0 saturated carbocycles. The Morgan fingerprint density at radius 2 is 1.92 bits per heavy atom. The summed E-state index contributed by atoms with van der Waals surface area (Å²) in [4.78, 5) is 12.5. The molecule has 0 amide bonds. The van der Waals surface area contributed by atoms with E-state index in [1.165, 1.54) is 42.4 Å². The summed E-state index contributed by atoms with van der Waals surface area (Å²) in [5.41, 5.74) is 8.07. The number of pyridine rings is 1. The van der Waals surface area contributed by atoms with Gasteiger partial charge in [-0.2, -0.15) is 5.10 Å². The number of nitrogens with zero attached hydrogens (tertiary/aromatic N) is 4. The molecule has 1 N–H and O–H groups in total. The zero-order valence-corrected chi connectivity index (χ0v) is 14.2. The van der Waals surface area contributed by atoms with Gasteiger partial charge in [0.05, 0.1) is 17.3 Å². The Labute approximate surface area is 145 Å². The van der Waals surface area contributed by atoms with Crippen molar-refractivity contribution in [1.29, 1.82) is 0 Å². The summed E-state index contributed by atoms with van der Waals surface area (Å²) < 4.78 is 1.78. The molecule has 0 bridgehead atoms. The lowest BCUT2D eigenvalue weighted by Gasteiger charge is -2.16. The largest absolute Gasteiger partial charge is 0.336 e. The Kier molecular flexibility index (Phi) is 3.20. The van der Waals surface area contributed by atoms with E-state index in [0.717, 1.165) is 28.1 Å². The minimum absolute atomic E-state index is 0.745. The molecular weight excluding hydrogens is 310 g/mol. The van der Waals surface area contributed by atoms with Crippen LogP contribution < -0.4 is 0 Å². The van der Waals surface area contributed by atoms with E-state index in [2.05, 4.69) is 44.3 Å². The fourth-order valence-electron chi connectivity index (χ4n) is 3.73. The van der Waals surface area contributed by atoms with Crippen LogP contribution in [0.5, 0.6) is 0 Å². The van der Waals surface area contributed by atoms with E-state index in [1.54, 1.807) is 4.68 Å². The number of hydrogen-bond acceptors (Lipinski definition) is 3. The average molecular weight is 329 g/mol. The smallest absolute Gasteiger partial charge is 0.178 e. The molecule has 5 rings (SSSR count). The van der Waals surface area contributed by atoms with Gasteiger partial charge in [0, 0.05) is 25.0 Å². The first-order chi connectivity index (χ1) is 12.3. The van der Waals surface area contributed by atoms with Crippen LogP contribution in [-0.2, 0) is 19.9 Å². The molecule has 0 aliphatic heterocycles. The van der Waals surface area contributed by atoms with Crippen molar-refractivity contribution < 1.29 is 0 Å². The van der Waals surface area contributed by atoms with Gasteiger partial charge in [0.1, 0.15) is 5.82 Å². The molecule has 124 valence electrons. The minimum atomic E-state index is 0.745. The number of aromatic nitrogens is 5. The molecule has 25 heavy (non-hydrogen) atoms. The highest BCUT2D eigenvalue weighted by atomic mass is 15.2. The van der Waals surface area contributed by atoms with Crippen LogP contribution in [0.3, 0.4) is 0 Å². The van der Waals surface area contributed by atoms with Gasteiger partial charge in [0.25, 0.3) is 0 Å². The van der Waals surface area contributed by atoms with Gasteiger partial charge in [0.2, 0.25) is 0 Å². The van der Waals surface area contributed by atoms with Crippen LogP contribution in [0.4, 0.5) is 0 Å². The summed E-state index contributed by atoms with van der Waals surface area (Å²) in [5.74, 6) is 0.806. The van der Waals surface area contributed by atoms with Crippen LogP contribution in [0.1, 0.15) is 24.0 Å². The average Bonchev–Trinajstić information content (AvgIpc) is 3.27. The summed E-state index contributed by atoms with van der Waals surface area (Å²) in [7, 11) is 1.91. The molecular formula is C20H19N5. The van der Waals surface area contributed by atoms with Gasteiger partial charge in [-0.05, 0) is 48.4 Å². The molecule has 1 aliphatic rings. The van der Waals surface area contributed by atoms with Gasteiger partial charge in [-0.25, -0.2) is 9.97 Å². The monoisotopic (exact) mass is 329 g/mol. The number of aryl methyl sites for hydroxylation is 3. The van der Waals surface area contributed by atoms with Crippen molar-refractivity contribution in [1.82, 2.24) is 24.7 Å². The molecule has 0 radical (unpaired) electrons. The third-order valence-corrected chi connectivity index (χ3v) is 5.03. The normalized spacial score (nSPS) is 14.0. The number of hydrogen-bond donors (Lipinski definition) is 1. The lowest BCUT2D eigenvalue weighted by atomic mass is 9.89. The molecule has 0 saturated heterocycles. The summed E-state index contributed by atoms with van der Waals surface area (Å²) in [6, 6.07) is 8.92. The fraction of sp³-hybridized carbons (Fsp3) is 0.250. The minimum Gasteiger partial charge on any atom is -0.336 e. The lowest BCUT2D eigenvalue weighted by molar-refractivity contribution is 0.686. The molecule has 4 aromatic rings. The highest BCUT2D eigenvalue weighted by Crippen LogP contribution is 2.31. The Balaban J connectivity index is 1.65. The van der Waals surface area contributed by atoms with Crippen molar-refractivity contribution in [2.45, 2.75) is 25.7 Å². The maximum absolute atomic E-state index is 4.65. The Hall–Kier alpha value is -2.95. The number of nitrogens with one attached hydrogen (secondary N) is 1. The first-order valence-electron chi connectivity index (χ1n) is 8.74. The number of imidazole rings is 1. The number of fused-ring (bicyclic) bond motifs is 2. The molecule has 0 atom stereocenters. The Bertz CT molecular complexity index is 1070. The van der Waals surface area contributed by atoms with Crippen molar-refractivity contribution in [3.05, 3.63) is 54.0 Å². The fourth-order valence-corrected chi connectivity index (χ4v) is 3.73. The van der Waals surface area contributed by atoms with E-state index in [1.807, 2.05) is 25.6 Å². The van der Waals surface area contributed by atoms with Crippen LogP contribution >= 0.6 is 0 Å². The van der Waals surface area contributed by atoms with Gasteiger partial charge in [0.15, 0.2) is 5.65 Å². The van der Waals surface area contributed by atoms with Gasteiger partial charge in [-0.1, -0.05) is 18.2 Å². The maximum atomic E-state index is 4.65. The van der Waals surface area contributed by atoms with Gasteiger partial charge >= 0.3 is 0 Å². The number of H-pyrrole nitrogens is 1. The molecule has 3 heterocycles. The predicted molar refractivity (Wildman–Crippen MR) is 98.2 cm³/mol. The third-order valence-electron chi connectivity index (χ3n) is 5.03. The van der Waals surface area contributed by atoms with E-state index < -0.39 is 0 Å². The van der Waals surface area contributed by atoms with E-state index in [9.17, 15) is 0 Å². The highest BCUT2D eigenvalue weighted by Gasteiger charge is 2.14. The molecule has 0 fully saturated rings. The van der Waals surface area contributed by atoms with E-state index in [4.69, 9.17) is 0 Å². The van der Waals surface area contributed by atoms with E-state index in [-0.39, 0.29) is 0 Å². The first-order valence-corrected chi connectivity index (χ1v) is 8.74. The van der Waals surface area contributed by atoms with Crippen LogP contribution in [0.25, 0.3) is 33.7 Å². The summed E-state index contributed by atoms with van der Waals surface area (Å²) in [5, 5.41) is 4.23. The number of benzene rings is 1. The summed E-state index contributed by atoms with van der Waals surface area (Å²) >= 11 is 0. The first kappa shape index (κ1) is 14.4. The van der Waals surface area contributed by atoms with Crippen LogP contribution in [0, 0.1) is 0 Å². The van der Waals surface area contributed by atoms with E-state index in [0.29, 0.717) is 0 Å². The second-order valence-electron chi connectivity index (χ2n) is 6.74. The van der Waals surface area contributed by atoms with Crippen molar-refractivity contribution in [2.24, 2.45) is 7.05 Å². The van der Waals surface area contributed by atoms with Gasteiger partial charge in [-0.3, -0.25) is 4.68 Å². The molecule has 1 aliphatic carbocycles. The second kappa shape index (κ2) is 5.55. The summed E-state index contributed by atoms with van der Waals surface area (Å²) in [6.45, 7) is 0. The van der Waals surface area contributed by atoms with E-state index >= 15 is 0 Å². The van der Waals surface area contributed by atoms with Crippen LogP contribution in [-0.4, -0.2) is 24.7 Å². The third kappa shape index (κ3) is 2.43. The van der Waals surface area contributed by atoms with Crippen LogP contribution in [0.2, 0.25) is 0 Å². The zero-order chi connectivity index (χ0) is 16.8. The predicted octanol–water partition coefficient (Wildman–Crippen LogP) is 3.90. The van der Waals surface area contributed by atoms with Crippen LogP contribution in [0.15, 0.2) is 42.9 Å². The highest BCUT2D eigenvalue weighted by molar-refractivity contribution is 5.91. The topological polar surface area (TPSA) is 59.4 Å². The zero-order valence-electron chi connectivity index (χ0n) is 14.2. The number of aromatic amines is 1. The Morgan fingerprint density at radius 3 is 2.76 bits per heavy atom. The summed E-state index contributed by atoms with van der Waals surface area (Å²) in [6.07, 6.45) is 10.6. The molecule has 5 nitrogen and oxygen atoms in total. The quantitative estimate of drug-likeness (QED) is 0.607. The van der Waals surface area contributed by atoms with Gasteiger partial charge < -0.3 is 4.98 Å². The van der Waals surface area contributed by atoms with Crippen molar-refractivity contribution >= 4 is 11.2 Å². The lowest BCUT2D eigenvalue weighted by Crippen LogP contribution is -2.02. The molecule has 1 aromatic carbocycles. The molecule has 3 aromatic heterocycles. The standard InChI is InChI=1S/C20H19N5/c1-25-12-16(11-22-25)19-23-18-17(8-9-21-20(18)24-19)15-7-6-13-4-2-3-5-14(13)10-15/h6-12H,2-5H2,1H3,(H,21,23,24). The van der Waals surface area contributed by atoms with Crippen molar-refractivity contribution in [3.8, 4) is 22.5 Å². The van der Waals surface area contributed by atoms with Gasteiger partial charge in [-0.15, -0.1) is 0 Å². The molecule has 5 heteroatoms. The molecule has 0 unspecified atom stereocenters. The Morgan fingerprint density at radius 1 is 1.04 bits per heavy atom. The second-order valence-corrected chi connectivity index (χ2v) is 6.74.